The summed E-state index contributed by atoms with van der Waals surface area (Å²) in [6.07, 6.45) is 3.83. The highest BCUT2D eigenvalue weighted by molar-refractivity contribution is 5.21. The molecule has 0 amide bonds. The number of hydrogen-bond donors (Lipinski definition) is 1. The van der Waals surface area contributed by atoms with E-state index in [0.29, 0.717) is 5.56 Å². The molecule has 21 heavy (non-hydrogen) atoms. The zero-order chi connectivity index (χ0) is 14.8. The van der Waals surface area contributed by atoms with Gasteiger partial charge in [-0.15, -0.1) is 0 Å². The van der Waals surface area contributed by atoms with Gasteiger partial charge in [0.25, 0.3) is 0 Å². The first kappa shape index (κ1) is 14.9. The lowest BCUT2D eigenvalue weighted by molar-refractivity contribution is 0.0363. The summed E-state index contributed by atoms with van der Waals surface area (Å²) in [6, 6.07) is 7.39. The molecule has 116 valence electrons. The molecule has 2 N–H and O–H groups in total. The van der Waals surface area contributed by atoms with Gasteiger partial charge in [0.15, 0.2) is 0 Å². The van der Waals surface area contributed by atoms with Crippen LogP contribution in [0.1, 0.15) is 30.9 Å². The van der Waals surface area contributed by atoms with Gasteiger partial charge in [0.1, 0.15) is 5.82 Å². The maximum Gasteiger partial charge on any atom is 0.128 e. The van der Waals surface area contributed by atoms with Crippen LogP contribution in [0.3, 0.4) is 0 Å². The van der Waals surface area contributed by atoms with Crippen molar-refractivity contribution in [1.29, 1.82) is 0 Å². The number of nitrogens with two attached hydrogens (primary N) is 1. The monoisotopic (exact) mass is 291 g/mol. The predicted molar refractivity (Wildman–Crippen MR) is 83.5 cm³/mol. The maximum atomic E-state index is 13.8. The van der Waals surface area contributed by atoms with Crippen molar-refractivity contribution in [3.8, 4) is 0 Å². The van der Waals surface area contributed by atoms with Crippen molar-refractivity contribution in [2.24, 2.45) is 11.7 Å². The van der Waals surface area contributed by atoms with E-state index in [9.17, 15) is 4.39 Å². The molecular weight excluding hydrogens is 265 g/mol. The fourth-order valence-corrected chi connectivity index (χ4v) is 4.05. The summed E-state index contributed by atoms with van der Waals surface area (Å²) in [5, 5.41) is 0. The van der Waals surface area contributed by atoms with Crippen LogP contribution in [0.2, 0.25) is 0 Å². The molecule has 2 aliphatic heterocycles. The Kier molecular flexibility index (Phi) is 4.57. The Morgan fingerprint density at radius 1 is 1.29 bits per heavy atom. The molecule has 3 rings (SSSR count). The van der Waals surface area contributed by atoms with Crippen molar-refractivity contribution in [2.75, 3.05) is 33.2 Å². The van der Waals surface area contributed by atoms with Crippen LogP contribution < -0.4 is 5.73 Å². The van der Waals surface area contributed by atoms with Gasteiger partial charge in [0.05, 0.1) is 0 Å². The van der Waals surface area contributed by atoms with E-state index in [1.165, 1.54) is 31.9 Å². The van der Waals surface area contributed by atoms with E-state index in [1.54, 1.807) is 12.1 Å². The molecule has 0 aromatic heterocycles. The van der Waals surface area contributed by atoms with E-state index >= 15 is 0 Å². The molecule has 3 unspecified atom stereocenters. The van der Waals surface area contributed by atoms with Gasteiger partial charge in [-0.05, 0) is 51.4 Å². The highest BCUT2D eigenvalue weighted by Crippen LogP contribution is 2.30. The molecule has 0 radical (unpaired) electrons. The number of benzene rings is 1. The predicted octanol–water partition coefficient (Wildman–Crippen LogP) is 2.24. The summed E-state index contributed by atoms with van der Waals surface area (Å²) in [4.78, 5) is 4.94. The second kappa shape index (κ2) is 6.42. The van der Waals surface area contributed by atoms with Gasteiger partial charge >= 0.3 is 0 Å². The first-order valence-electron chi connectivity index (χ1n) is 8.07. The van der Waals surface area contributed by atoms with Crippen LogP contribution in [-0.2, 0) is 0 Å². The first-order chi connectivity index (χ1) is 10.1. The van der Waals surface area contributed by atoms with E-state index in [0.717, 1.165) is 31.6 Å². The number of hydrogen-bond acceptors (Lipinski definition) is 3. The quantitative estimate of drug-likeness (QED) is 0.927. The first-order valence-corrected chi connectivity index (χ1v) is 8.07. The van der Waals surface area contributed by atoms with Crippen LogP contribution in [0.25, 0.3) is 0 Å². The van der Waals surface area contributed by atoms with Gasteiger partial charge in [0, 0.05) is 30.7 Å². The second-order valence-corrected chi connectivity index (χ2v) is 6.63. The molecule has 2 saturated heterocycles. The molecule has 2 heterocycles. The van der Waals surface area contributed by atoms with E-state index < -0.39 is 0 Å². The highest BCUT2D eigenvalue weighted by Gasteiger charge is 2.34. The molecular formula is C17H26FN3. The third-order valence-corrected chi connectivity index (χ3v) is 5.19. The Hall–Kier alpha value is -0.970. The largest absolute Gasteiger partial charge is 0.323 e. The Bertz CT molecular complexity index is 479. The summed E-state index contributed by atoms with van der Waals surface area (Å²) >= 11 is 0. The van der Waals surface area contributed by atoms with Crippen LogP contribution in [0.4, 0.5) is 4.39 Å². The Morgan fingerprint density at radius 3 is 2.90 bits per heavy atom. The molecule has 2 aliphatic rings. The van der Waals surface area contributed by atoms with Gasteiger partial charge in [-0.2, -0.15) is 0 Å². The van der Waals surface area contributed by atoms with Gasteiger partial charge in [-0.1, -0.05) is 18.2 Å². The summed E-state index contributed by atoms with van der Waals surface area (Å²) in [5.74, 6) is 0.572. The minimum absolute atomic E-state index is 0.183. The molecule has 1 aromatic carbocycles. The van der Waals surface area contributed by atoms with Gasteiger partial charge in [0.2, 0.25) is 0 Å². The lowest BCUT2D eigenvalue weighted by Gasteiger charge is -2.46. The zero-order valence-electron chi connectivity index (χ0n) is 12.8. The summed E-state index contributed by atoms with van der Waals surface area (Å²) in [7, 11) is 2.25. The molecule has 1 aromatic rings. The van der Waals surface area contributed by atoms with E-state index in [-0.39, 0.29) is 11.9 Å². The van der Waals surface area contributed by atoms with Gasteiger partial charge in [-0.25, -0.2) is 4.39 Å². The number of rotatable bonds is 3. The Balaban J connectivity index is 1.60. The number of halogens is 1. The molecule has 2 fully saturated rings. The second-order valence-electron chi connectivity index (χ2n) is 6.63. The van der Waals surface area contributed by atoms with Gasteiger partial charge in [-0.3, -0.25) is 0 Å². The lowest BCUT2D eigenvalue weighted by Crippen LogP contribution is -2.53. The van der Waals surface area contributed by atoms with Crippen LogP contribution in [0.15, 0.2) is 24.3 Å². The fourth-order valence-electron chi connectivity index (χ4n) is 4.05. The smallest absolute Gasteiger partial charge is 0.128 e. The SMILES string of the molecule is CN1CCCC2CN(CC(N)c3ccccc3F)CCC21. The van der Waals surface area contributed by atoms with Crippen LogP contribution in [0.5, 0.6) is 0 Å². The Morgan fingerprint density at radius 2 is 2.10 bits per heavy atom. The topological polar surface area (TPSA) is 32.5 Å². The fraction of sp³-hybridized carbons (Fsp3) is 0.647. The summed E-state index contributed by atoms with van der Waals surface area (Å²) < 4.78 is 13.8. The van der Waals surface area contributed by atoms with Crippen LogP contribution >= 0.6 is 0 Å². The molecule has 3 nitrogen and oxygen atoms in total. The summed E-state index contributed by atoms with van der Waals surface area (Å²) in [6.45, 7) is 4.18. The van der Waals surface area contributed by atoms with Crippen molar-refractivity contribution >= 4 is 0 Å². The summed E-state index contributed by atoms with van der Waals surface area (Å²) in [5.41, 5.74) is 6.87. The number of fused-ring (bicyclic) bond motifs is 1. The minimum atomic E-state index is -0.232. The molecule has 0 bridgehead atoms. The third kappa shape index (κ3) is 3.28. The number of piperidine rings is 2. The maximum absolute atomic E-state index is 13.8. The van der Waals surface area contributed by atoms with Crippen molar-refractivity contribution in [3.63, 3.8) is 0 Å². The average molecular weight is 291 g/mol. The molecule has 4 heteroatoms. The third-order valence-electron chi connectivity index (χ3n) is 5.19. The van der Waals surface area contributed by atoms with E-state index in [1.807, 2.05) is 6.07 Å². The van der Waals surface area contributed by atoms with Crippen molar-refractivity contribution in [3.05, 3.63) is 35.6 Å². The van der Waals surface area contributed by atoms with E-state index in [4.69, 9.17) is 5.73 Å². The lowest BCUT2D eigenvalue weighted by atomic mass is 9.84. The van der Waals surface area contributed by atoms with Crippen LogP contribution in [-0.4, -0.2) is 49.1 Å². The number of likely N-dealkylation sites (tertiary alicyclic amines) is 2. The number of nitrogens with zero attached hydrogens (tertiary/aromatic N) is 2. The molecule has 0 saturated carbocycles. The molecule has 0 aliphatic carbocycles. The average Bonchev–Trinajstić information content (AvgIpc) is 2.48. The zero-order valence-corrected chi connectivity index (χ0v) is 12.8. The molecule has 0 spiro atoms. The minimum Gasteiger partial charge on any atom is -0.323 e. The van der Waals surface area contributed by atoms with Crippen LogP contribution in [0, 0.1) is 11.7 Å². The standard InChI is InChI=1S/C17H26FN3/c1-20-9-4-5-13-11-21(10-8-17(13)20)12-16(19)14-6-2-3-7-15(14)18/h2-3,6-7,13,16-17H,4-5,8-12,19H2,1H3. The van der Waals surface area contributed by atoms with Gasteiger partial charge < -0.3 is 15.5 Å². The Labute approximate surface area is 126 Å². The highest BCUT2D eigenvalue weighted by atomic mass is 19.1. The van der Waals surface area contributed by atoms with Crippen molar-refractivity contribution < 1.29 is 4.39 Å². The van der Waals surface area contributed by atoms with Crippen molar-refractivity contribution in [1.82, 2.24) is 9.80 Å². The normalized spacial score (nSPS) is 29.1. The van der Waals surface area contributed by atoms with Crippen molar-refractivity contribution in [2.45, 2.75) is 31.3 Å². The van der Waals surface area contributed by atoms with E-state index in [2.05, 4.69) is 16.8 Å². The molecule has 3 atom stereocenters.